The Morgan fingerprint density at radius 1 is 0.944 bits per heavy atom. The standard InChI is InChI=1S/C13H22O5/c1-2-3-4-5-6-7-10-18-13(17)11(14)8-9-12(15)16/h2-10H2,1H3,(H,15,16)/p-1. The fourth-order valence-electron chi connectivity index (χ4n) is 1.45. The normalized spacial score (nSPS) is 10.1. The summed E-state index contributed by atoms with van der Waals surface area (Å²) in [6, 6.07) is 0. The summed E-state index contributed by atoms with van der Waals surface area (Å²) in [5, 5.41) is 10.1. The van der Waals surface area contributed by atoms with Crippen LogP contribution < -0.4 is 5.11 Å². The molecule has 0 aromatic carbocycles. The number of carbonyl (C=O) groups excluding carboxylic acids is 3. The largest absolute Gasteiger partial charge is 0.550 e. The molecule has 0 atom stereocenters. The van der Waals surface area contributed by atoms with Gasteiger partial charge in [0.05, 0.1) is 6.61 Å². The first-order valence-corrected chi connectivity index (χ1v) is 6.47. The predicted octanol–water partition coefficient (Wildman–Crippen LogP) is 0.989. The third-order valence-electron chi connectivity index (χ3n) is 2.51. The third-order valence-corrected chi connectivity index (χ3v) is 2.51. The van der Waals surface area contributed by atoms with Gasteiger partial charge in [0.15, 0.2) is 0 Å². The van der Waals surface area contributed by atoms with Gasteiger partial charge in [0.2, 0.25) is 5.78 Å². The van der Waals surface area contributed by atoms with Crippen molar-refractivity contribution < 1.29 is 24.2 Å². The number of carboxylic acid groups (broad SMARTS) is 1. The van der Waals surface area contributed by atoms with Crippen LogP contribution in [0.5, 0.6) is 0 Å². The zero-order chi connectivity index (χ0) is 13.8. The second-order valence-corrected chi connectivity index (χ2v) is 4.20. The second kappa shape index (κ2) is 10.7. The van der Waals surface area contributed by atoms with E-state index in [4.69, 9.17) is 4.74 Å². The molecule has 0 aliphatic carbocycles. The molecule has 0 amide bonds. The molecule has 0 bridgehead atoms. The first kappa shape index (κ1) is 16.6. The molecule has 5 heteroatoms. The van der Waals surface area contributed by atoms with Crippen molar-refractivity contribution in [1.82, 2.24) is 0 Å². The van der Waals surface area contributed by atoms with Crippen molar-refractivity contribution in [3.8, 4) is 0 Å². The van der Waals surface area contributed by atoms with Gasteiger partial charge in [-0.05, 0) is 12.8 Å². The monoisotopic (exact) mass is 257 g/mol. The quantitative estimate of drug-likeness (QED) is 0.313. The summed E-state index contributed by atoms with van der Waals surface area (Å²) in [5.74, 6) is -3.08. The predicted molar refractivity (Wildman–Crippen MR) is 63.6 cm³/mol. The first-order valence-electron chi connectivity index (χ1n) is 6.47. The molecule has 0 radical (unpaired) electrons. The van der Waals surface area contributed by atoms with Gasteiger partial charge in [-0.15, -0.1) is 0 Å². The zero-order valence-corrected chi connectivity index (χ0v) is 10.9. The van der Waals surface area contributed by atoms with E-state index in [-0.39, 0.29) is 13.0 Å². The Labute approximate surface area is 108 Å². The molecule has 0 saturated heterocycles. The van der Waals surface area contributed by atoms with Crippen LogP contribution in [0.4, 0.5) is 0 Å². The number of Topliss-reactive ketones (excluding diaryl/α,β-unsaturated/α-hetero) is 1. The van der Waals surface area contributed by atoms with Crippen LogP contribution in [0, 0.1) is 0 Å². The molecule has 0 unspecified atom stereocenters. The van der Waals surface area contributed by atoms with E-state index in [1.54, 1.807) is 0 Å². The lowest BCUT2D eigenvalue weighted by Crippen LogP contribution is -2.25. The third kappa shape index (κ3) is 9.81. The number of rotatable bonds is 11. The van der Waals surface area contributed by atoms with E-state index in [2.05, 4.69) is 6.92 Å². The Bertz CT molecular complexity index is 273. The molecule has 0 aromatic rings. The molecule has 0 fully saturated rings. The fraction of sp³-hybridized carbons (Fsp3) is 0.769. The molecule has 0 aliphatic heterocycles. The first-order chi connectivity index (χ1) is 8.57. The number of carbonyl (C=O) groups is 3. The summed E-state index contributed by atoms with van der Waals surface area (Å²) < 4.78 is 4.74. The van der Waals surface area contributed by atoms with Gasteiger partial charge in [-0.25, -0.2) is 4.79 Å². The maximum absolute atomic E-state index is 11.1. The number of aliphatic carboxylic acids is 1. The molecule has 5 nitrogen and oxygen atoms in total. The molecule has 0 N–H and O–H groups in total. The Morgan fingerprint density at radius 2 is 1.56 bits per heavy atom. The van der Waals surface area contributed by atoms with Crippen LogP contribution in [0.15, 0.2) is 0 Å². The van der Waals surface area contributed by atoms with Crippen molar-refractivity contribution in [2.45, 2.75) is 58.3 Å². The lowest BCUT2D eigenvalue weighted by atomic mass is 10.1. The topological polar surface area (TPSA) is 83.5 Å². The van der Waals surface area contributed by atoms with E-state index < -0.39 is 24.1 Å². The van der Waals surface area contributed by atoms with Crippen molar-refractivity contribution >= 4 is 17.7 Å². The lowest BCUT2D eigenvalue weighted by molar-refractivity contribution is -0.305. The molecule has 0 heterocycles. The zero-order valence-electron chi connectivity index (χ0n) is 10.9. The van der Waals surface area contributed by atoms with Gasteiger partial charge in [-0.2, -0.15) is 0 Å². The SMILES string of the molecule is CCCCCCCCOC(=O)C(=O)CCC(=O)[O-]. The number of carboxylic acids is 1. The molecule has 0 aliphatic rings. The summed E-state index contributed by atoms with van der Waals surface area (Å²) in [6.45, 7) is 2.36. The summed E-state index contributed by atoms with van der Waals surface area (Å²) in [7, 11) is 0. The smallest absolute Gasteiger partial charge is 0.374 e. The van der Waals surface area contributed by atoms with Crippen LogP contribution in [-0.4, -0.2) is 24.3 Å². The van der Waals surface area contributed by atoms with Crippen LogP contribution in [0.25, 0.3) is 0 Å². The molecule has 0 rings (SSSR count). The lowest BCUT2D eigenvalue weighted by Gasteiger charge is -2.04. The molecule has 104 valence electrons. The van der Waals surface area contributed by atoms with E-state index in [0.717, 1.165) is 19.3 Å². The van der Waals surface area contributed by atoms with Gasteiger partial charge in [0, 0.05) is 12.4 Å². The fourth-order valence-corrected chi connectivity index (χ4v) is 1.45. The van der Waals surface area contributed by atoms with Crippen molar-refractivity contribution in [2.24, 2.45) is 0 Å². The minimum Gasteiger partial charge on any atom is -0.550 e. The van der Waals surface area contributed by atoms with E-state index >= 15 is 0 Å². The van der Waals surface area contributed by atoms with Gasteiger partial charge in [0.1, 0.15) is 0 Å². The van der Waals surface area contributed by atoms with Crippen LogP contribution in [0.2, 0.25) is 0 Å². The number of hydrogen-bond acceptors (Lipinski definition) is 5. The minimum absolute atomic E-state index is 0.224. The summed E-state index contributed by atoms with van der Waals surface area (Å²) in [5.41, 5.74) is 0. The van der Waals surface area contributed by atoms with Gasteiger partial charge in [0.25, 0.3) is 0 Å². The molecule has 0 spiro atoms. The van der Waals surface area contributed by atoms with E-state index in [9.17, 15) is 19.5 Å². The van der Waals surface area contributed by atoms with Crippen LogP contribution in [0.1, 0.15) is 58.3 Å². The summed E-state index contributed by atoms with van der Waals surface area (Å²) >= 11 is 0. The van der Waals surface area contributed by atoms with Crippen LogP contribution >= 0.6 is 0 Å². The summed E-state index contributed by atoms with van der Waals surface area (Å²) in [4.78, 5) is 32.3. The summed E-state index contributed by atoms with van der Waals surface area (Å²) in [6.07, 6.45) is 5.59. The molecular formula is C13H21O5-. The molecule has 0 aromatic heterocycles. The number of esters is 1. The second-order valence-electron chi connectivity index (χ2n) is 4.20. The Morgan fingerprint density at radius 3 is 2.17 bits per heavy atom. The Hall–Kier alpha value is -1.39. The maximum atomic E-state index is 11.1. The van der Waals surface area contributed by atoms with Crippen molar-refractivity contribution in [3.05, 3.63) is 0 Å². The van der Waals surface area contributed by atoms with Gasteiger partial charge in [-0.3, -0.25) is 4.79 Å². The average Bonchev–Trinajstić information content (AvgIpc) is 2.34. The van der Waals surface area contributed by atoms with Gasteiger partial charge < -0.3 is 14.6 Å². The van der Waals surface area contributed by atoms with Crippen molar-refractivity contribution in [1.29, 1.82) is 0 Å². The van der Waals surface area contributed by atoms with E-state index in [0.29, 0.717) is 0 Å². The highest BCUT2D eigenvalue weighted by atomic mass is 16.5. The minimum atomic E-state index is -1.34. The average molecular weight is 257 g/mol. The maximum Gasteiger partial charge on any atom is 0.374 e. The van der Waals surface area contributed by atoms with E-state index in [1.165, 1.54) is 19.3 Å². The van der Waals surface area contributed by atoms with Gasteiger partial charge in [-0.1, -0.05) is 39.0 Å². The number of unbranched alkanes of at least 4 members (excludes halogenated alkanes) is 5. The molecular weight excluding hydrogens is 236 g/mol. The van der Waals surface area contributed by atoms with Crippen molar-refractivity contribution in [2.75, 3.05) is 6.61 Å². The van der Waals surface area contributed by atoms with Crippen LogP contribution in [-0.2, 0) is 19.1 Å². The number of hydrogen-bond donors (Lipinski definition) is 0. The van der Waals surface area contributed by atoms with Crippen molar-refractivity contribution in [3.63, 3.8) is 0 Å². The van der Waals surface area contributed by atoms with Gasteiger partial charge >= 0.3 is 5.97 Å². The highest BCUT2D eigenvalue weighted by Crippen LogP contribution is 2.05. The number of ketones is 1. The highest BCUT2D eigenvalue weighted by Gasteiger charge is 2.14. The van der Waals surface area contributed by atoms with Crippen LogP contribution in [0.3, 0.4) is 0 Å². The van der Waals surface area contributed by atoms with E-state index in [1.807, 2.05) is 0 Å². The Kier molecular flexibility index (Phi) is 9.91. The number of ether oxygens (including phenoxy) is 1. The Balaban J connectivity index is 3.46. The molecule has 0 saturated carbocycles. The molecule has 18 heavy (non-hydrogen) atoms. The highest BCUT2D eigenvalue weighted by molar-refractivity contribution is 6.33.